The number of ketones is 1. The first-order chi connectivity index (χ1) is 7.72. The maximum absolute atomic E-state index is 11.6. The summed E-state index contributed by atoms with van der Waals surface area (Å²) in [5.74, 6) is 0.316. The van der Waals surface area contributed by atoms with E-state index >= 15 is 0 Å². The van der Waals surface area contributed by atoms with E-state index in [4.69, 9.17) is 0 Å². The van der Waals surface area contributed by atoms with Crippen molar-refractivity contribution < 1.29 is 4.79 Å². The van der Waals surface area contributed by atoms with E-state index in [0.29, 0.717) is 18.6 Å². The average Bonchev–Trinajstić information content (AvgIpc) is 2.24. The molecule has 0 bridgehead atoms. The van der Waals surface area contributed by atoms with Gasteiger partial charge in [-0.1, -0.05) is 26.2 Å². The van der Waals surface area contributed by atoms with Crippen molar-refractivity contribution in [2.75, 3.05) is 0 Å². The number of pyridine rings is 1. The summed E-state index contributed by atoms with van der Waals surface area (Å²) in [4.78, 5) is 15.7. The van der Waals surface area contributed by atoms with Crippen LogP contribution in [0.3, 0.4) is 0 Å². The van der Waals surface area contributed by atoms with Crippen LogP contribution in [-0.4, -0.2) is 10.8 Å². The van der Waals surface area contributed by atoms with Crippen LogP contribution in [0.4, 0.5) is 0 Å². The summed E-state index contributed by atoms with van der Waals surface area (Å²) in [5, 5.41) is 0. The number of nitrogens with zero attached hydrogens (tertiary/aromatic N) is 1. The minimum Gasteiger partial charge on any atom is -0.299 e. The van der Waals surface area contributed by atoms with E-state index < -0.39 is 0 Å². The Balaban J connectivity index is 2.29. The van der Waals surface area contributed by atoms with Crippen molar-refractivity contribution in [3.63, 3.8) is 0 Å². The molecule has 1 rings (SSSR count). The summed E-state index contributed by atoms with van der Waals surface area (Å²) < 4.78 is 0.934. The Kier molecular flexibility index (Phi) is 6.31. The minimum atomic E-state index is 0.316. The first-order valence-corrected chi connectivity index (χ1v) is 6.62. The highest BCUT2D eigenvalue weighted by Gasteiger charge is 2.04. The number of hydrogen-bond donors (Lipinski definition) is 0. The van der Waals surface area contributed by atoms with E-state index in [1.165, 1.54) is 19.3 Å². The molecule has 0 atom stereocenters. The third-order valence-electron chi connectivity index (χ3n) is 2.47. The number of rotatable bonds is 7. The molecule has 0 spiro atoms. The van der Waals surface area contributed by atoms with E-state index in [1.807, 2.05) is 6.07 Å². The molecule has 0 aliphatic rings. The van der Waals surface area contributed by atoms with Crippen LogP contribution >= 0.6 is 15.9 Å². The molecule has 0 radical (unpaired) electrons. The quantitative estimate of drug-likeness (QED) is 0.710. The number of halogens is 1. The second-order valence-electron chi connectivity index (χ2n) is 4.04. The van der Waals surface area contributed by atoms with Gasteiger partial charge in [0.25, 0.3) is 0 Å². The zero-order valence-corrected chi connectivity index (χ0v) is 11.3. The third kappa shape index (κ3) is 5.40. The summed E-state index contributed by atoms with van der Waals surface area (Å²) >= 11 is 3.35. The van der Waals surface area contributed by atoms with Crippen molar-refractivity contribution in [3.8, 4) is 0 Å². The van der Waals surface area contributed by atoms with Gasteiger partial charge in [-0.2, -0.15) is 0 Å². The molecule has 3 heteroatoms. The lowest BCUT2D eigenvalue weighted by atomic mass is 10.1. The lowest BCUT2D eigenvalue weighted by Crippen LogP contribution is -2.02. The maximum atomic E-state index is 11.6. The smallest absolute Gasteiger partial charge is 0.137 e. The van der Waals surface area contributed by atoms with Crippen LogP contribution in [0.15, 0.2) is 22.9 Å². The second kappa shape index (κ2) is 7.55. The van der Waals surface area contributed by atoms with Crippen molar-refractivity contribution in [2.24, 2.45) is 0 Å². The second-order valence-corrected chi connectivity index (χ2v) is 4.95. The lowest BCUT2D eigenvalue weighted by Gasteiger charge is -2.01. The highest BCUT2D eigenvalue weighted by Crippen LogP contribution is 2.11. The largest absolute Gasteiger partial charge is 0.299 e. The van der Waals surface area contributed by atoms with Crippen LogP contribution in [0.2, 0.25) is 0 Å². The SMILES string of the molecule is CCCCCCC(=O)Cc1cncc(Br)c1. The highest BCUT2D eigenvalue weighted by atomic mass is 79.9. The molecular formula is C13H18BrNO. The van der Waals surface area contributed by atoms with Gasteiger partial charge in [-0.05, 0) is 34.0 Å². The van der Waals surface area contributed by atoms with Gasteiger partial charge in [-0.25, -0.2) is 0 Å². The van der Waals surface area contributed by atoms with Crippen LogP contribution in [0.25, 0.3) is 0 Å². The maximum Gasteiger partial charge on any atom is 0.137 e. The minimum absolute atomic E-state index is 0.316. The van der Waals surface area contributed by atoms with Crippen LogP contribution in [-0.2, 0) is 11.2 Å². The van der Waals surface area contributed by atoms with Gasteiger partial charge in [0.05, 0.1) is 0 Å². The van der Waals surface area contributed by atoms with Gasteiger partial charge < -0.3 is 0 Å². The van der Waals surface area contributed by atoms with Gasteiger partial charge in [0.2, 0.25) is 0 Å². The molecule has 1 aromatic heterocycles. The van der Waals surface area contributed by atoms with Crippen molar-refractivity contribution in [1.29, 1.82) is 0 Å². The highest BCUT2D eigenvalue weighted by molar-refractivity contribution is 9.10. The Morgan fingerprint density at radius 1 is 1.31 bits per heavy atom. The van der Waals surface area contributed by atoms with Crippen molar-refractivity contribution in [1.82, 2.24) is 4.98 Å². The predicted octanol–water partition coefficient (Wildman–Crippen LogP) is 3.93. The molecule has 0 saturated carbocycles. The van der Waals surface area contributed by atoms with E-state index in [9.17, 15) is 4.79 Å². The van der Waals surface area contributed by atoms with Crippen LogP contribution < -0.4 is 0 Å². The fourth-order valence-electron chi connectivity index (χ4n) is 1.62. The van der Waals surface area contributed by atoms with Gasteiger partial charge in [0.15, 0.2) is 0 Å². The molecule has 0 N–H and O–H groups in total. The van der Waals surface area contributed by atoms with Crippen molar-refractivity contribution in [2.45, 2.75) is 45.4 Å². The molecule has 0 aromatic carbocycles. The van der Waals surface area contributed by atoms with Gasteiger partial charge in [-0.15, -0.1) is 0 Å². The Hall–Kier alpha value is -0.700. The fourth-order valence-corrected chi connectivity index (χ4v) is 2.03. The average molecular weight is 284 g/mol. The van der Waals surface area contributed by atoms with Crippen molar-refractivity contribution >= 4 is 21.7 Å². The van der Waals surface area contributed by atoms with Gasteiger partial charge in [0.1, 0.15) is 5.78 Å². The van der Waals surface area contributed by atoms with E-state index in [2.05, 4.69) is 27.8 Å². The van der Waals surface area contributed by atoms with E-state index in [0.717, 1.165) is 16.5 Å². The molecular weight excluding hydrogens is 266 g/mol. The van der Waals surface area contributed by atoms with E-state index in [1.54, 1.807) is 12.4 Å². The lowest BCUT2D eigenvalue weighted by molar-refractivity contribution is -0.118. The molecule has 0 unspecified atom stereocenters. The Morgan fingerprint density at radius 3 is 2.81 bits per heavy atom. The first-order valence-electron chi connectivity index (χ1n) is 5.83. The van der Waals surface area contributed by atoms with E-state index in [-0.39, 0.29) is 0 Å². The van der Waals surface area contributed by atoms with Crippen LogP contribution in [0.1, 0.15) is 44.6 Å². The fraction of sp³-hybridized carbons (Fsp3) is 0.538. The molecule has 0 saturated heterocycles. The number of carbonyl (C=O) groups excluding carboxylic acids is 1. The third-order valence-corrected chi connectivity index (χ3v) is 2.91. The zero-order valence-electron chi connectivity index (χ0n) is 9.71. The summed E-state index contributed by atoms with van der Waals surface area (Å²) in [7, 11) is 0. The molecule has 0 fully saturated rings. The molecule has 0 amide bonds. The van der Waals surface area contributed by atoms with Gasteiger partial charge in [0, 0.05) is 29.7 Å². The molecule has 16 heavy (non-hydrogen) atoms. The van der Waals surface area contributed by atoms with Crippen molar-refractivity contribution in [3.05, 3.63) is 28.5 Å². The molecule has 2 nitrogen and oxygen atoms in total. The van der Waals surface area contributed by atoms with Crippen LogP contribution in [0.5, 0.6) is 0 Å². The summed E-state index contributed by atoms with van der Waals surface area (Å²) in [6.07, 6.45) is 9.33. The predicted molar refractivity (Wildman–Crippen MR) is 69.4 cm³/mol. The summed E-state index contributed by atoms with van der Waals surface area (Å²) in [6.45, 7) is 2.18. The Bertz CT molecular complexity index is 338. The molecule has 0 aliphatic heterocycles. The number of unbranched alkanes of at least 4 members (excludes halogenated alkanes) is 3. The summed E-state index contributed by atoms with van der Waals surface area (Å²) in [6, 6.07) is 1.96. The number of carbonyl (C=O) groups is 1. The molecule has 88 valence electrons. The summed E-state index contributed by atoms with van der Waals surface area (Å²) in [5.41, 5.74) is 0.995. The zero-order chi connectivity index (χ0) is 11.8. The van der Waals surface area contributed by atoms with Crippen LogP contribution in [0, 0.1) is 0 Å². The molecule has 1 aromatic rings. The number of aromatic nitrogens is 1. The standard InChI is InChI=1S/C13H18BrNO/c1-2-3-4-5-6-13(16)8-11-7-12(14)10-15-9-11/h7,9-10H,2-6,8H2,1H3. The monoisotopic (exact) mass is 283 g/mol. The molecule has 0 aliphatic carbocycles. The number of Topliss-reactive ketones (excluding diaryl/α,β-unsaturated/α-hetero) is 1. The Morgan fingerprint density at radius 2 is 2.12 bits per heavy atom. The van der Waals surface area contributed by atoms with Gasteiger partial charge >= 0.3 is 0 Å². The normalized spacial score (nSPS) is 10.4. The first kappa shape index (κ1) is 13.4. The molecule has 1 heterocycles. The number of hydrogen-bond acceptors (Lipinski definition) is 2. The Labute approximate surface area is 106 Å². The van der Waals surface area contributed by atoms with Gasteiger partial charge in [-0.3, -0.25) is 9.78 Å². The topological polar surface area (TPSA) is 30.0 Å².